The molecule has 0 fully saturated rings. The topological polar surface area (TPSA) is 75.6 Å². The van der Waals surface area contributed by atoms with Gasteiger partial charge in [-0.1, -0.05) is 22.0 Å². The van der Waals surface area contributed by atoms with Crippen LogP contribution in [0.2, 0.25) is 0 Å². The summed E-state index contributed by atoms with van der Waals surface area (Å²) in [5.41, 5.74) is 0.0887. The van der Waals surface area contributed by atoms with Crippen molar-refractivity contribution in [3.8, 4) is 11.5 Å². The summed E-state index contributed by atoms with van der Waals surface area (Å²) in [7, 11) is -2.30. The van der Waals surface area contributed by atoms with Crippen molar-refractivity contribution in [3.05, 3.63) is 46.9 Å². The van der Waals surface area contributed by atoms with E-state index < -0.39 is 10.0 Å². The molecule has 0 aromatic heterocycles. The van der Waals surface area contributed by atoms with Crippen molar-refractivity contribution in [2.75, 3.05) is 11.8 Å². The second-order valence-electron chi connectivity index (χ2n) is 3.95. The molecule has 0 aliphatic heterocycles. The number of phenolic OH excluding ortho intramolecular Hbond substituents is 1. The van der Waals surface area contributed by atoms with Crippen LogP contribution in [0.25, 0.3) is 0 Å². The van der Waals surface area contributed by atoms with Gasteiger partial charge in [0.1, 0.15) is 11.5 Å². The van der Waals surface area contributed by atoms with Gasteiger partial charge in [-0.25, -0.2) is 8.42 Å². The maximum Gasteiger partial charge on any atom is 0.262 e. The Hall–Kier alpha value is -1.73. The van der Waals surface area contributed by atoms with Crippen molar-refractivity contribution >= 4 is 31.6 Å². The average Bonchev–Trinajstić information content (AvgIpc) is 2.41. The van der Waals surface area contributed by atoms with E-state index in [4.69, 9.17) is 4.74 Å². The maximum atomic E-state index is 12.2. The van der Waals surface area contributed by atoms with Gasteiger partial charge in [0, 0.05) is 10.5 Å². The monoisotopic (exact) mass is 357 g/mol. The van der Waals surface area contributed by atoms with E-state index in [1.54, 1.807) is 18.2 Å². The van der Waals surface area contributed by atoms with Crippen molar-refractivity contribution in [1.29, 1.82) is 0 Å². The van der Waals surface area contributed by atoms with Gasteiger partial charge in [0.25, 0.3) is 10.0 Å². The van der Waals surface area contributed by atoms with E-state index in [0.717, 1.165) is 0 Å². The number of ether oxygens (including phenoxy) is 1. The van der Waals surface area contributed by atoms with E-state index in [1.807, 2.05) is 0 Å². The number of phenols is 1. The number of hydrogen-bond donors (Lipinski definition) is 2. The summed E-state index contributed by atoms with van der Waals surface area (Å²) >= 11 is 3.22. The zero-order chi connectivity index (χ0) is 14.8. The number of halogens is 1. The minimum absolute atomic E-state index is 0.0887. The van der Waals surface area contributed by atoms with Gasteiger partial charge in [0.15, 0.2) is 0 Å². The van der Waals surface area contributed by atoms with E-state index in [-0.39, 0.29) is 16.3 Å². The molecule has 2 N–H and O–H groups in total. The normalized spacial score (nSPS) is 11.1. The molecule has 0 radical (unpaired) electrons. The molecule has 7 heteroatoms. The second kappa shape index (κ2) is 5.72. The van der Waals surface area contributed by atoms with Gasteiger partial charge < -0.3 is 9.84 Å². The Balaban J connectivity index is 2.33. The van der Waals surface area contributed by atoms with Crippen LogP contribution in [0.4, 0.5) is 5.69 Å². The number of aromatic hydroxyl groups is 1. The molecule has 0 aliphatic carbocycles. The first-order valence-corrected chi connectivity index (χ1v) is 7.85. The molecule has 20 heavy (non-hydrogen) atoms. The van der Waals surface area contributed by atoms with Crippen molar-refractivity contribution in [2.24, 2.45) is 0 Å². The molecule has 0 amide bonds. The number of anilines is 1. The molecule has 0 unspecified atom stereocenters. The highest BCUT2D eigenvalue weighted by Crippen LogP contribution is 2.30. The Bertz CT molecular complexity index is 731. The van der Waals surface area contributed by atoms with Crippen molar-refractivity contribution in [3.63, 3.8) is 0 Å². The quantitative estimate of drug-likeness (QED) is 0.824. The van der Waals surface area contributed by atoms with E-state index in [0.29, 0.717) is 10.2 Å². The fourth-order valence-electron chi connectivity index (χ4n) is 1.56. The highest BCUT2D eigenvalue weighted by Gasteiger charge is 2.16. The molecule has 0 saturated carbocycles. The minimum atomic E-state index is -3.76. The Morgan fingerprint density at radius 3 is 2.55 bits per heavy atom. The number of sulfonamides is 1. The summed E-state index contributed by atoms with van der Waals surface area (Å²) in [6, 6.07) is 10.6. The van der Waals surface area contributed by atoms with Gasteiger partial charge in [-0.3, -0.25) is 4.72 Å². The van der Waals surface area contributed by atoms with Gasteiger partial charge in [0.2, 0.25) is 0 Å². The maximum absolute atomic E-state index is 12.2. The van der Waals surface area contributed by atoms with Crippen LogP contribution in [0.15, 0.2) is 51.8 Å². The van der Waals surface area contributed by atoms with E-state index in [9.17, 15) is 13.5 Å². The first-order valence-electron chi connectivity index (χ1n) is 5.58. The van der Waals surface area contributed by atoms with Gasteiger partial charge in [-0.15, -0.1) is 0 Å². The zero-order valence-corrected chi connectivity index (χ0v) is 12.9. The molecule has 2 aromatic carbocycles. The lowest BCUT2D eigenvalue weighted by Crippen LogP contribution is -2.13. The average molecular weight is 358 g/mol. The summed E-state index contributed by atoms with van der Waals surface area (Å²) in [6.07, 6.45) is 0. The van der Waals surface area contributed by atoms with Crippen LogP contribution in [-0.4, -0.2) is 20.6 Å². The highest BCUT2D eigenvalue weighted by atomic mass is 79.9. The predicted molar refractivity (Wildman–Crippen MR) is 79.6 cm³/mol. The van der Waals surface area contributed by atoms with Gasteiger partial charge in [0.05, 0.1) is 17.7 Å². The second-order valence-corrected chi connectivity index (χ2v) is 6.54. The molecule has 2 aromatic rings. The van der Waals surface area contributed by atoms with Gasteiger partial charge >= 0.3 is 0 Å². The molecule has 0 spiro atoms. The Morgan fingerprint density at radius 1 is 1.20 bits per heavy atom. The van der Waals surface area contributed by atoms with Crippen molar-refractivity contribution in [1.82, 2.24) is 0 Å². The summed E-state index contributed by atoms with van der Waals surface area (Å²) in [4.78, 5) is 0.0992. The summed E-state index contributed by atoms with van der Waals surface area (Å²) in [5.74, 6) is 0.232. The fraction of sp³-hybridized carbons (Fsp3) is 0.0769. The van der Waals surface area contributed by atoms with Crippen LogP contribution >= 0.6 is 15.9 Å². The van der Waals surface area contributed by atoms with Crippen LogP contribution in [0.5, 0.6) is 11.5 Å². The lowest BCUT2D eigenvalue weighted by molar-refractivity contribution is 0.408. The summed E-state index contributed by atoms with van der Waals surface area (Å²) in [5, 5.41) is 9.77. The molecule has 106 valence electrons. The largest absolute Gasteiger partial charge is 0.506 e. The zero-order valence-electron chi connectivity index (χ0n) is 10.5. The van der Waals surface area contributed by atoms with Crippen molar-refractivity contribution in [2.45, 2.75) is 4.90 Å². The Morgan fingerprint density at radius 2 is 1.95 bits per heavy atom. The minimum Gasteiger partial charge on any atom is -0.506 e. The third-order valence-electron chi connectivity index (χ3n) is 2.56. The molecular weight excluding hydrogens is 346 g/mol. The molecule has 0 atom stereocenters. The fourth-order valence-corrected chi connectivity index (χ4v) is 3.23. The third kappa shape index (κ3) is 3.23. The highest BCUT2D eigenvalue weighted by molar-refractivity contribution is 9.10. The molecule has 2 rings (SSSR count). The number of nitrogens with one attached hydrogen (secondary N) is 1. The Labute approximate surface area is 125 Å². The Kier molecular flexibility index (Phi) is 4.20. The lowest BCUT2D eigenvalue weighted by Gasteiger charge is -2.10. The van der Waals surface area contributed by atoms with Crippen molar-refractivity contribution < 1.29 is 18.3 Å². The SMILES string of the molecule is COc1ccc(NS(=O)(=O)c2cccc(Br)c2)c(O)c1. The summed E-state index contributed by atoms with van der Waals surface area (Å²) < 4.78 is 32.3. The van der Waals surface area contributed by atoms with E-state index >= 15 is 0 Å². The van der Waals surface area contributed by atoms with Crippen LogP contribution in [0.1, 0.15) is 0 Å². The molecule has 0 aliphatic rings. The molecule has 0 saturated heterocycles. The molecule has 0 heterocycles. The number of benzene rings is 2. The van der Waals surface area contributed by atoms with Crippen LogP contribution < -0.4 is 9.46 Å². The lowest BCUT2D eigenvalue weighted by atomic mass is 10.3. The standard InChI is InChI=1S/C13H12BrNO4S/c1-19-10-5-6-12(13(16)8-10)15-20(17,18)11-4-2-3-9(14)7-11/h2-8,15-16H,1H3. The smallest absolute Gasteiger partial charge is 0.262 e. The summed E-state index contributed by atoms with van der Waals surface area (Å²) in [6.45, 7) is 0. The molecule has 0 bridgehead atoms. The van der Waals surface area contributed by atoms with Crippen LogP contribution in [-0.2, 0) is 10.0 Å². The van der Waals surface area contributed by atoms with E-state index in [2.05, 4.69) is 20.7 Å². The first-order chi connectivity index (χ1) is 9.42. The number of hydrogen-bond acceptors (Lipinski definition) is 4. The molecular formula is C13H12BrNO4S. The van der Waals surface area contributed by atoms with Gasteiger partial charge in [-0.05, 0) is 30.3 Å². The third-order valence-corrected chi connectivity index (χ3v) is 4.41. The van der Waals surface area contributed by atoms with Gasteiger partial charge in [-0.2, -0.15) is 0 Å². The first kappa shape index (κ1) is 14.7. The van der Waals surface area contributed by atoms with Crippen LogP contribution in [0.3, 0.4) is 0 Å². The van der Waals surface area contributed by atoms with E-state index in [1.165, 1.54) is 31.4 Å². The molecule has 5 nitrogen and oxygen atoms in total. The number of rotatable bonds is 4. The number of methoxy groups -OCH3 is 1. The van der Waals surface area contributed by atoms with Crippen LogP contribution in [0, 0.1) is 0 Å². The predicted octanol–water partition coefficient (Wildman–Crippen LogP) is 2.96.